The van der Waals surface area contributed by atoms with Crippen molar-refractivity contribution in [3.05, 3.63) is 28.2 Å². The third-order valence-electron chi connectivity index (χ3n) is 2.48. The first kappa shape index (κ1) is 16.6. The molecule has 0 aromatic heterocycles. The lowest BCUT2D eigenvalue weighted by Gasteiger charge is -2.16. The van der Waals surface area contributed by atoms with E-state index < -0.39 is 12.0 Å². The van der Waals surface area contributed by atoms with Crippen molar-refractivity contribution in [1.82, 2.24) is 10.2 Å². The van der Waals surface area contributed by atoms with Crippen LogP contribution in [0.2, 0.25) is 10.0 Å². The minimum absolute atomic E-state index is 0.0755. The summed E-state index contributed by atoms with van der Waals surface area (Å²) in [5.74, 6) is -0.237. The molecular weight excluding hydrogens is 303 g/mol. The van der Waals surface area contributed by atoms with Crippen molar-refractivity contribution in [2.75, 3.05) is 20.6 Å². The van der Waals surface area contributed by atoms with E-state index in [1.165, 1.54) is 11.0 Å². The molecule has 1 unspecified atom stereocenters. The average molecular weight is 319 g/mol. The molecule has 0 bridgehead atoms. The molecule has 0 heterocycles. The van der Waals surface area contributed by atoms with Crippen LogP contribution in [0.5, 0.6) is 5.75 Å². The Bertz CT molecular complexity index is 506. The van der Waals surface area contributed by atoms with Crippen LogP contribution >= 0.6 is 23.2 Å². The second kappa shape index (κ2) is 7.36. The van der Waals surface area contributed by atoms with Gasteiger partial charge in [-0.15, -0.1) is 0 Å². The fraction of sp³-hybridized carbons (Fsp3) is 0.385. The largest absolute Gasteiger partial charge is 0.479 e. The Hall–Kier alpha value is -1.46. The van der Waals surface area contributed by atoms with Crippen molar-refractivity contribution in [1.29, 1.82) is 0 Å². The Labute approximate surface area is 127 Å². The molecule has 110 valence electrons. The van der Waals surface area contributed by atoms with Gasteiger partial charge < -0.3 is 15.0 Å². The second-order valence-electron chi connectivity index (χ2n) is 4.34. The van der Waals surface area contributed by atoms with Crippen LogP contribution < -0.4 is 10.1 Å². The van der Waals surface area contributed by atoms with Crippen LogP contribution in [0.1, 0.15) is 6.92 Å². The van der Waals surface area contributed by atoms with Gasteiger partial charge in [0.2, 0.25) is 5.91 Å². The van der Waals surface area contributed by atoms with E-state index in [-0.39, 0.29) is 12.5 Å². The molecule has 1 aromatic carbocycles. The number of rotatable bonds is 5. The fourth-order valence-electron chi connectivity index (χ4n) is 1.28. The zero-order valence-electron chi connectivity index (χ0n) is 11.4. The van der Waals surface area contributed by atoms with Gasteiger partial charge in [0.25, 0.3) is 5.91 Å². The number of nitrogens with one attached hydrogen (secondary N) is 1. The summed E-state index contributed by atoms with van der Waals surface area (Å²) in [6.07, 6.45) is -0.774. The van der Waals surface area contributed by atoms with Gasteiger partial charge >= 0.3 is 0 Å². The van der Waals surface area contributed by atoms with E-state index in [0.29, 0.717) is 15.8 Å². The summed E-state index contributed by atoms with van der Waals surface area (Å²) in [7, 11) is 3.23. The van der Waals surface area contributed by atoms with Crippen molar-refractivity contribution in [3.8, 4) is 5.75 Å². The van der Waals surface area contributed by atoms with Crippen LogP contribution in [0.3, 0.4) is 0 Å². The van der Waals surface area contributed by atoms with Gasteiger partial charge in [0.05, 0.1) is 11.6 Å². The highest BCUT2D eigenvalue weighted by Crippen LogP contribution is 2.28. The maximum absolute atomic E-state index is 11.8. The van der Waals surface area contributed by atoms with Gasteiger partial charge in [0, 0.05) is 19.1 Å². The molecule has 2 amide bonds. The molecule has 0 aliphatic carbocycles. The molecule has 5 nitrogen and oxygen atoms in total. The van der Waals surface area contributed by atoms with E-state index in [0.717, 1.165) is 0 Å². The monoisotopic (exact) mass is 318 g/mol. The lowest BCUT2D eigenvalue weighted by Crippen LogP contribution is -2.42. The normalized spacial score (nSPS) is 11.7. The lowest BCUT2D eigenvalue weighted by atomic mass is 10.3. The maximum atomic E-state index is 11.8. The molecule has 0 aliphatic rings. The van der Waals surface area contributed by atoms with Gasteiger partial charge in [-0.1, -0.05) is 23.2 Å². The summed E-state index contributed by atoms with van der Waals surface area (Å²) in [5, 5.41) is 3.29. The smallest absolute Gasteiger partial charge is 0.261 e. The minimum Gasteiger partial charge on any atom is -0.479 e. The summed E-state index contributed by atoms with van der Waals surface area (Å²) in [6.45, 7) is 1.49. The lowest BCUT2D eigenvalue weighted by molar-refractivity contribution is -0.133. The Balaban J connectivity index is 2.55. The third kappa shape index (κ3) is 4.90. The summed E-state index contributed by atoms with van der Waals surface area (Å²) >= 11 is 11.7. The summed E-state index contributed by atoms with van der Waals surface area (Å²) < 4.78 is 5.43. The molecule has 0 saturated carbocycles. The number of nitrogens with zero attached hydrogens (tertiary/aromatic N) is 1. The van der Waals surface area contributed by atoms with E-state index >= 15 is 0 Å². The second-order valence-corrected chi connectivity index (χ2v) is 5.18. The molecule has 0 saturated heterocycles. The number of benzene rings is 1. The van der Waals surface area contributed by atoms with E-state index in [1.807, 2.05) is 0 Å². The number of amides is 2. The first-order valence-electron chi connectivity index (χ1n) is 5.91. The SMILES string of the molecule is CC(Oc1ccc(Cl)cc1Cl)C(=O)NCC(=O)N(C)C. The average Bonchev–Trinajstić information content (AvgIpc) is 2.38. The van der Waals surface area contributed by atoms with Gasteiger partial charge in [0.1, 0.15) is 5.75 Å². The molecule has 1 atom stereocenters. The Kier molecular flexibility index (Phi) is 6.10. The van der Waals surface area contributed by atoms with Crippen molar-refractivity contribution in [3.63, 3.8) is 0 Å². The Morgan fingerprint density at radius 3 is 2.55 bits per heavy atom. The van der Waals surface area contributed by atoms with E-state index in [2.05, 4.69) is 5.32 Å². The molecule has 0 spiro atoms. The third-order valence-corrected chi connectivity index (χ3v) is 3.01. The number of hydrogen-bond acceptors (Lipinski definition) is 3. The number of likely N-dealkylation sites (N-methyl/N-ethyl adjacent to an activating group) is 1. The highest BCUT2D eigenvalue weighted by atomic mass is 35.5. The highest BCUT2D eigenvalue weighted by molar-refractivity contribution is 6.35. The van der Waals surface area contributed by atoms with Crippen LogP contribution in [0.25, 0.3) is 0 Å². The van der Waals surface area contributed by atoms with Crippen molar-refractivity contribution in [2.45, 2.75) is 13.0 Å². The van der Waals surface area contributed by atoms with Crippen LogP contribution in [0, 0.1) is 0 Å². The molecule has 7 heteroatoms. The quantitative estimate of drug-likeness (QED) is 0.903. The van der Waals surface area contributed by atoms with Gasteiger partial charge in [-0.05, 0) is 25.1 Å². The number of halogens is 2. The fourth-order valence-corrected chi connectivity index (χ4v) is 1.73. The maximum Gasteiger partial charge on any atom is 0.261 e. The Morgan fingerprint density at radius 2 is 2.00 bits per heavy atom. The first-order valence-corrected chi connectivity index (χ1v) is 6.66. The predicted octanol–water partition coefficient (Wildman–Crippen LogP) is 1.97. The zero-order chi connectivity index (χ0) is 15.3. The van der Waals surface area contributed by atoms with E-state index in [1.54, 1.807) is 33.2 Å². The van der Waals surface area contributed by atoms with Crippen LogP contribution in [-0.2, 0) is 9.59 Å². The van der Waals surface area contributed by atoms with Gasteiger partial charge in [0.15, 0.2) is 6.10 Å². The Morgan fingerprint density at radius 1 is 1.35 bits per heavy atom. The van der Waals surface area contributed by atoms with Gasteiger partial charge in [-0.2, -0.15) is 0 Å². The summed E-state index contributed by atoms with van der Waals surface area (Å²) in [6, 6.07) is 4.72. The van der Waals surface area contributed by atoms with Crippen LogP contribution in [0.15, 0.2) is 18.2 Å². The molecule has 1 rings (SSSR count). The molecule has 0 aliphatic heterocycles. The molecule has 1 N–H and O–H groups in total. The number of hydrogen-bond donors (Lipinski definition) is 1. The van der Waals surface area contributed by atoms with Gasteiger partial charge in [-0.3, -0.25) is 9.59 Å². The number of carbonyl (C=O) groups excluding carboxylic acids is 2. The summed E-state index contributed by atoms with van der Waals surface area (Å²) in [4.78, 5) is 24.5. The topological polar surface area (TPSA) is 58.6 Å². The molecule has 20 heavy (non-hydrogen) atoms. The summed E-state index contributed by atoms with van der Waals surface area (Å²) in [5.41, 5.74) is 0. The predicted molar refractivity (Wildman–Crippen MR) is 78.3 cm³/mol. The molecular formula is C13H16Cl2N2O3. The van der Waals surface area contributed by atoms with Crippen LogP contribution in [0.4, 0.5) is 0 Å². The first-order chi connectivity index (χ1) is 9.31. The van der Waals surface area contributed by atoms with Gasteiger partial charge in [-0.25, -0.2) is 0 Å². The molecule has 1 aromatic rings. The van der Waals surface area contributed by atoms with Crippen molar-refractivity contribution in [2.24, 2.45) is 0 Å². The minimum atomic E-state index is -0.774. The molecule has 0 fully saturated rings. The van der Waals surface area contributed by atoms with Crippen molar-refractivity contribution >= 4 is 35.0 Å². The zero-order valence-corrected chi connectivity index (χ0v) is 13.0. The van der Waals surface area contributed by atoms with E-state index in [4.69, 9.17) is 27.9 Å². The molecule has 0 radical (unpaired) electrons. The van der Waals surface area contributed by atoms with E-state index in [9.17, 15) is 9.59 Å². The standard InChI is InChI=1S/C13H16Cl2N2O3/c1-8(13(19)16-7-12(18)17(2)3)20-11-5-4-9(14)6-10(11)15/h4-6,8H,7H2,1-3H3,(H,16,19). The number of ether oxygens (including phenoxy) is 1. The van der Waals surface area contributed by atoms with Crippen molar-refractivity contribution < 1.29 is 14.3 Å². The highest BCUT2D eigenvalue weighted by Gasteiger charge is 2.17. The number of carbonyl (C=O) groups is 2. The van der Waals surface area contributed by atoms with Crippen LogP contribution in [-0.4, -0.2) is 43.5 Å².